The SMILES string of the molecule is CCc1cc(N2CCOC(C(N)=NO)C2)ncn1. The highest BCUT2D eigenvalue weighted by Gasteiger charge is 2.24. The summed E-state index contributed by atoms with van der Waals surface area (Å²) in [6.45, 7) is 3.82. The minimum Gasteiger partial charge on any atom is -0.409 e. The Hall–Kier alpha value is -1.89. The van der Waals surface area contributed by atoms with Crippen LogP contribution in [0.1, 0.15) is 12.6 Å². The van der Waals surface area contributed by atoms with E-state index in [0.717, 1.165) is 24.5 Å². The van der Waals surface area contributed by atoms with Crippen molar-refractivity contribution >= 4 is 11.7 Å². The van der Waals surface area contributed by atoms with Crippen molar-refractivity contribution in [3.05, 3.63) is 18.1 Å². The molecule has 1 aliphatic heterocycles. The molecule has 0 aromatic carbocycles. The number of nitrogens with two attached hydrogens (primary N) is 1. The lowest BCUT2D eigenvalue weighted by atomic mass is 10.2. The number of aryl methyl sites for hydroxylation is 1. The molecule has 0 radical (unpaired) electrons. The molecule has 1 aromatic heterocycles. The first-order valence-electron chi connectivity index (χ1n) is 5.89. The van der Waals surface area contributed by atoms with Gasteiger partial charge in [-0.15, -0.1) is 0 Å². The predicted octanol–water partition coefficient (Wildman–Crippen LogP) is -0.00940. The second-order valence-electron chi connectivity index (χ2n) is 4.05. The first-order valence-corrected chi connectivity index (χ1v) is 5.89. The van der Waals surface area contributed by atoms with Crippen LogP contribution in [0.4, 0.5) is 5.82 Å². The summed E-state index contributed by atoms with van der Waals surface area (Å²) >= 11 is 0. The average molecular weight is 251 g/mol. The standard InChI is InChI=1S/C11H17N5O2/c1-2-8-5-10(14-7-13-8)16-3-4-18-9(6-16)11(12)15-17/h5,7,9,17H,2-4,6H2,1H3,(H2,12,15). The summed E-state index contributed by atoms with van der Waals surface area (Å²) in [7, 11) is 0. The van der Waals surface area contributed by atoms with Gasteiger partial charge in [0.05, 0.1) is 13.2 Å². The van der Waals surface area contributed by atoms with E-state index < -0.39 is 6.10 Å². The third-order valence-electron chi connectivity index (χ3n) is 2.91. The van der Waals surface area contributed by atoms with Gasteiger partial charge in [-0.1, -0.05) is 12.1 Å². The van der Waals surface area contributed by atoms with E-state index in [1.54, 1.807) is 6.33 Å². The van der Waals surface area contributed by atoms with Crippen molar-refractivity contribution in [3.8, 4) is 0 Å². The van der Waals surface area contributed by atoms with Crippen LogP contribution in [-0.4, -0.2) is 46.8 Å². The van der Waals surface area contributed by atoms with Crippen molar-refractivity contribution < 1.29 is 9.94 Å². The molecule has 0 spiro atoms. The van der Waals surface area contributed by atoms with Crippen molar-refractivity contribution in [1.29, 1.82) is 0 Å². The number of rotatable bonds is 3. The van der Waals surface area contributed by atoms with E-state index in [9.17, 15) is 0 Å². The van der Waals surface area contributed by atoms with Crippen LogP contribution in [0.2, 0.25) is 0 Å². The van der Waals surface area contributed by atoms with Gasteiger partial charge in [-0.3, -0.25) is 0 Å². The molecular formula is C11H17N5O2. The Morgan fingerprint density at radius 2 is 2.50 bits per heavy atom. The van der Waals surface area contributed by atoms with Crippen molar-refractivity contribution in [3.63, 3.8) is 0 Å². The summed E-state index contributed by atoms with van der Waals surface area (Å²) in [5.74, 6) is 0.936. The summed E-state index contributed by atoms with van der Waals surface area (Å²) in [5, 5.41) is 11.6. The third-order valence-corrected chi connectivity index (χ3v) is 2.91. The van der Waals surface area contributed by atoms with Crippen LogP contribution in [0.15, 0.2) is 17.5 Å². The molecule has 1 aliphatic rings. The lowest BCUT2D eigenvalue weighted by Crippen LogP contribution is -2.48. The summed E-state index contributed by atoms with van der Waals surface area (Å²) in [6.07, 6.45) is 2.02. The Labute approximate surface area is 105 Å². The molecule has 7 heteroatoms. The number of amidine groups is 1. The number of ether oxygens (including phenoxy) is 1. The van der Waals surface area contributed by atoms with E-state index >= 15 is 0 Å². The fourth-order valence-electron chi connectivity index (χ4n) is 1.85. The number of aromatic nitrogens is 2. The first-order chi connectivity index (χ1) is 8.74. The zero-order chi connectivity index (χ0) is 13.0. The molecule has 0 bridgehead atoms. The monoisotopic (exact) mass is 251 g/mol. The van der Waals surface area contributed by atoms with E-state index in [2.05, 4.69) is 15.1 Å². The molecule has 2 rings (SSSR count). The van der Waals surface area contributed by atoms with Gasteiger partial charge in [-0.25, -0.2) is 9.97 Å². The van der Waals surface area contributed by atoms with Gasteiger partial charge < -0.3 is 20.6 Å². The van der Waals surface area contributed by atoms with Crippen molar-refractivity contribution in [2.45, 2.75) is 19.4 Å². The summed E-state index contributed by atoms with van der Waals surface area (Å²) in [5.41, 5.74) is 6.55. The van der Waals surface area contributed by atoms with Crippen LogP contribution >= 0.6 is 0 Å². The van der Waals surface area contributed by atoms with Gasteiger partial charge >= 0.3 is 0 Å². The quantitative estimate of drug-likeness (QED) is 0.339. The molecule has 0 aliphatic carbocycles. The van der Waals surface area contributed by atoms with Crippen LogP contribution < -0.4 is 10.6 Å². The van der Waals surface area contributed by atoms with Gasteiger partial charge in [0.15, 0.2) is 5.84 Å². The average Bonchev–Trinajstić information content (AvgIpc) is 2.46. The van der Waals surface area contributed by atoms with Crippen LogP contribution in [-0.2, 0) is 11.2 Å². The number of oxime groups is 1. The number of hydrogen-bond acceptors (Lipinski definition) is 6. The first kappa shape index (κ1) is 12.6. The van der Waals surface area contributed by atoms with Gasteiger partial charge in [-0.2, -0.15) is 0 Å². The maximum absolute atomic E-state index is 8.66. The highest BCUT2D eigenvalue weighted by Crippen LogP contribution is 2.15. The molecule has 0 saturated carbocycles. The van der Waals surface area contributed by atoms with Crippen LogP contribution in [0.3, 0.4) is 0 Å². The fraction of sp³-hybridized carbons (Fsp3) is 0.545. The Balaban J connectivity index is 2.12. The summed E-state index contributed by atoms with van der Waals surface area (Å²) in [6, 6.07) is 1.95. The number of hydrogen-bond donors (Lipinski definition) is 2. The van der Waals surface area contributed by atoms with E-state index in [1.807, 2.05) is 17.9 Å². The molecular weight excluding hydrogens is 234 g/mol. The molecule has 1 fully saturated rings. The van der Waals surface area contributed by atoms with E-state index in [0.29, 0.717) is 13.2 Å². The highest BCUT2D eigenvalue weighted by atomic mass is 16.5. The number of anilines is 1. The van der Waals surface area contributed by atoms with Gasteiger partial charge in [0.25, 0.3) is 0 Å². The number of morpholine rings is 1. The van der Waals surface area contributed by atoms with E-state index in [4.69, 9.17) is 15.7 Å². The molecule has 3 N–H and O–H groups in total. The second-order valence-corrected chi connectivity index (χ2v) is 4.05. The molecule has 1 saturated heterocycles. The topological polar surface area (TPSA) is 96.9 Å². The Morgan fingerprint density at radius 3 is 3.22 bits per heavy atom. The molecule has 98 valence electrons. The van der Waals surface area contributed by atoms with Gasteiger partial charge in [0.2, 0.25) is 0 Å². The minimum atomic E-state index is -0.399. The largest absolute Gasteiger partial charge is 0.409 e. The van der Waals surface area contributed by atoms with Gasteiger partial charge in [-0.05, 0) is 6.42 Å². The molecule has 1 unspecified atom stereocenters. The van der Waals surface area contributed by atoms with Crippen LogP contribution in [0, 0.1) is 0 Å². The van der Waals surface area contributed by atoms with E-state index in [1.165, 1.54) is 0 Å². The van der Waals surface area contributed by atoms with Gasteiger partial charge in [0, 0.05) is 18.3 Å². The van der Waals surface area contributed by atoms with Crippen LogP contribution in [0.5, 0.6) is 0 Å². The summed E-state index contributed by atoms with van der Waals surface area (Å²) in [4.78, 5) is 10.5. The third kappa shape index (κ3) is 2.67. The zero-order valence-corrected chi connectivity index (χ0v) is 10.3. The maximum Gasteiger partial charge on any atom is 0.170 e. The number of nitrogens with zero attached hydrogens (tertiary/aromatic N) is 4. The molecule has 1 atom stereocenters. The van der Waals surface area contributed by atoms with Crippen molar-refractivity contribution in [1.82, 2.24) is 9.97 Å². The Morgan fingerprint density at radius 1 is 1.67 bits per heavy atom. The predicted molar refractivity (Wildman–Crippen MR) is 66.8 cm³/mol. The zero-order valence-electron chi connectivity index (χ0n) is 10.3. The summed E-state index contributed by atoms with van der Waals surface area (Å²) < 4.78 is 5.44. The second kappa shape index (κ2) is 5.63. The Bertz CT molecular complexity index is 437. The smallest absolute Gasteiger partial charge is 0.170 e. The molecule has 1 aromatic rings. The highest BCUT2D eigenvalue weighted by molar-refractivity contribution is 5.85. The molecule has 2 heterocycles. The Kier molecular flexibility index (Phi) is 3.93. The molecule has 7 nitrogen and oxygen atoms in total. The van der Waals surface area contributed by atoms with Crippen molar-refractivity contribution in [2.75, 3.05) is 24.6 Å². The van der Waals surface area contributed by atoms with Gasteiger partial charge in [0.1, 0.15) is 18.2 Å². The van der Waals surface area contributed by atoms with Crippen LogP contribution in [0.25, 0.3) is 0 Å². The fourth-order valence-corrected chi connectivity index (χ4v) is 1.85. The van der Waals surface area contributed by atoms with E-state index in [-0.39, 0.29) is 5.84 Å². The maximum atomic E-state index is 8.66. The molecule has 0 amide bonds. The normalized spacial score (nSPS) is 21.1. The lowest BCUT2D eigenvalue weighted by Gasteiger charge is -2.33. The minimum absolute atomic E-state index is 0.0875. The van der Waals surface area contributed by atoms with Crippen molar-refractivity contribution in [2.24, 2.45) is 10.9 Å². The molecule has 18 heavy (non-hydrogen) atoms. The lowest BCUT2D eigenvalue weighted by molar-refractivity contribution is 0.0804.